The monoisotopic (exact) mass is 220 g/mol. The van der Waals surface area contributed by atoms with Crippen LogP contribution in [-0.4, -0.2) is 23.4 Å². The van der Waals surface area contributed by atoms with Crippen LogP contribution in [0.5, 0.6) is 0 Å². The molecule has 0 aromatic rings. The van der Waals surface area contributed by atoms with Gasteiger partial charge in [-0.05, 0) is 25.9 Å². The van der Waals surface area contributed by atoms with Crippen LogP contribution in [-0.2, 0) is 0 Å². The normalized spacial score (nSPS) is 9.20. The highest BCUT2D eigenvalue weighted by Gasteiger charge is 1.86. The molecule has 0 rings (SSSR count). The van der Waals surface area contributed by atoms with Crippen molar-refractivity contribution in [2.45, 2.75) is 52.4 Å². The summed E-state index contributed by atoms with van der Waals surface area (Å²) in [7, 11) is 0. The second-order valence-electron chi connectivity index (χ2n) is 3.40. The molecule has 5 heteroatoms. The van der Waals surface area contributed by atoms with Gasteiger partial charge in [-0.1, -0.05) is 39.5 Å². The average Bonchev–Trinajstić information content (AvgIpc) is 2.16. The van der Waals surface area contributed by atoms with E-state index in [0.717, 1.165) is 0 Å². The van der Waals surface area contributed by atoms with Gasteiger partial charge in [0.15, 0.2) is 0 Å². The summed E-state index contributed by atoms with van der Waals surface area (Å²) in [6, 6.07) is 0. The zero-order valence-corrected chi connectivity index (χ0v) is 9.87. The Hall–Kier alpha value is -0.840. The van der Waals surface area contributed by atoms with Gasteiger partial charge in [0, 0.05) is 0 Å². The molecular formula is C10H24N2O3. The molecule has 0 heterocycles. The van der Waals surface area contributed by atoms with Crippen LogP contribution in [0.15, 0.2) is 0 Å². The molecule has 0 bridgehead atoms. The first kappa shape index (κ1) is 16.6. The van der Waals surface area contributed by atoms with Gasteiger partial charge in [0.25, 0.3) is 5.09 Å². The number of hydrogen-bond donors (Lipinski definition) is 2. The first-order valence-corrected chi connectivity index (χ1v) is 5.69. The smallest absolute Gasteiger partial charge is 0.291 e. The van der Waals surface area contributed by atoms with E-state index in [9.17, 15) is 0 Å². The topological polar surface area (TPSA) is 75.4 Å². The fourth-order valence-corrected chi connectivity index (χ4v) is 1.12. The third-order valence-electron chi connectivity index (χ3n) is 1.91. The van der Waals surface area contributed by atoms with Crippen molar-refractivity contribution in [3.05, 3.63) is 10.1 Å². The average molecular weight is 220 g/mol. The van der Waals surface area contributed by atoms with E-state index in [0.29, 0.717) is 0 Å². The zero-order valence-electron chi connectivity index (χ0n) is 9.87. The summed E-state index contributed by atoms with van der Waals surface area (Å²) in [6.45, 7) is 6.93. The lowest BCUT2D eigenvalue weighted by molar-refractivity contribution is -0.742. The number of rotatable bonds is 8. The van der Waals surface area contributed by atoms with Crippen molar-refractivity contribution in [3.63, 3.8) is 0 Å². The van der Waals surface area contributed by atoms with Crippen LogP contribution in [0.2, 0.25) is 0 Å². The van der Waals surface area contributed by atoms with Gasteiger partial charge < -0.3 is 10.5 Å². The van der Waals surface area contributed by atoms with Gasteiger partial charge in [-0.2, -0.15) is 0 Å². The highest BCUT2D eigenvalue weighted by molar-refractivity contribution is 4.48. The van der Waals surface area contributed by atoms with Gasteiger partial charge in [-0.25, -0.2) is 0 Å². The van der Waals surface area contributed by atoms with E-state index in [1.807, 2.05) is 0 Å². The molecule has 2 N–H and O–H groups in total. The summed E-state index contributed by atoms with van der Waals surface area (Å²) in [6.07, 6.45) is 8.11. The van der Waals surface area contributed by atoms with Crippen molar-refractivity contribution in [3.8, 4) is 0 Å². The van der Waals surface area contributed by atoms with E-state index < -0.39 is 5.09 Å². The summed E-state index contributed by atoms with van der Waals surface area (Å²) in [5.74, 6) is 0. The SMILES string of the molecule is CCCCCNCCCCC.O=[N+]([O-])O. The molecule has 92 valence electrons. The molecule has 0 fully saturated rings. The van der Waals surface area contributed by atoms with Crippen molar-refractivity contribution in [1.29, 1.82) is 0 Å². The van der Waals surface area contributed by atoms with Crippen LogP contribution in [0.1, 0.15) is 52.4 Å². The van der Waals surface area contributed by atoms with Gasteiger partial charge in [0.2, 0.25) is 0 Å². The molecule has 0 saturated heterocycles. The van der Waals surface area contributed by atoms with Crippen molar-refractivity contribution in [1.82, 2.24) is 5.32 Å². The summed E-state index contributed by atoms with van der Waals surface area (Å²) < 4.78 is 0. The van der Waals surface area contributed by atoms with E-state index in [1.165, 1.54) is 51.6 Å². The fourth-order valence-electron chi connectivity index (χ4n) is 1.12. The molecule has 0 spiro atoms. The largest absolute Gasteiger partial charge is 0.328 e. The number of nitrogens with zero attached hydrogens (tertiary/aromatic N) is 1. The number of hydrogen-bond acceptors (Lipinski definition) is 3. The van der Waals surface area contributed by atoms with Gasteiger partial charge in [-0.15, -0.1) is 10.1 Å². The minimum Gasteiger partial charge on any atom is -0.328 e. The highest BCUT2D eigenvalue weighted by Crippen LogP contribution is 1.93. The predicted octanol–water partition coefficient (Wildman–Crippen LogP) is 2.61. The molecule has 0 aromatic heterocycles. The molecule has 0 aliphatic carbocycles. The maximum absolute atomic E-state index is 8.36. The predicted molar refractivity (Wildman–Crippen MR) is 60.7 cm³/mol. The Morgan fingerprint density at radius 1 is 1.07 bits per heavy atom. The van der Waals surface area contributed by atoms with Crippen LogP contribution in [0.4, 0.5) is 0 Å². The molecule has 0 aromatic carbocycles. The van der Waals surface area contributed by atoms with Gasteiger partial charge in [0.1, 0.15) is 0 Å². The molecule has 0 radical (unpaired) electrons. The van der Waals surface area contributed by atoms with E-state index in [-0.39, 0.29) is 0 Å². The van der Waals surface area contributed by atoms with Crippen molar-refractivity contribution in [2.75, 3.05) is 13.1 Å². The minimum absolute atomic E-state index is 1.22. The second-order valence-corrected chi connectivity index (χ2v) is 3.40. The Morgan fingerprint density at radius 3 is 1.67 bits per heavy atom. The fraction of sp³-hybridized carbons (Fsp3) is 1.00. The second kappa shape index (κ2) is 15.6. The molecule has 0 aliphatic heterocycles. The van der Waals surface area contributed by atoms with Crippen LogP contribution in [0, 0.1) is 10.1 Å². The van der Waals surface area contributed by atoms with E-state index in [1.54, 1.807) is 0 Å². The molecular weight excluding hydrogens is 196 g/mol. The number of nitrogens with one attached hydrogen (secondary N) is 1. The summed E-state index contributed by atoms with van der Waals surface area (Å²) in [5.41, 5.74) is 0. The molecule has 0 aliphatic rings. The lowest BCUT2D eigenvalue weighted by atomic mass is 10.2. The first-order chi connectivity index (χ1) is 7.15. The standard InChI is InChI=1S/C10H23N.HNO3/c1-3-5-7-9-11-10-8-6-4-2;2-1(3)4/h11H,3-10H2,1-2H3;(H,2,3,4). The highest BCUT2D eigenvalue weighted by atomic mass is 16.9. The third kappa shape index (κ3) is 32.0. The van der Waals surface area contributed by atoms with Crippen LogP contribution in [0.3, 0.4) is 0 Å². The Labute approximate surface area is 92.0 Å². The van der Waals surface area contributed by atoms with Crippen molar-refractivity contribution >= 4 is 0 Å². The van der Waals surface area contributed by atoms with Crippen LogP contribution >= 0.6 is 0 Å². The van der Waals surface area contributed by atoms with Crippen LogP contribution in [0.25, 0.3) is 0 Å². The number of unbranched alkanes of at least 4 members (excludes halogenated alkanes) is 4. The van der Waals surface area contributed by atoms with E-state index in [4.69, 9.17) is 15.3 Å². The molecule has 15 heavy (non-hydrogen) atoms. The Morgan fingerprint density at radius 2 is 1.40 bits per heavy atom. The third-order valence-corrected chi connectivity index (χ3v) is 1.91. The maximum atomic E-state index is 8.36. The Balaban J connectivity index is 0. The minimum atomic E-state index is -1.50. The van der Waals surface area contributed by atoms with Gasteiger partial charge in [0.05, 0.1) is 0 Å². The van der Waals surface area contributed by atoms with E-state index in [2.05, 4.69) is 19.2 Å². The quantitative estimate of drug-likeness (QED) is 0.374. The first-order valence-electron chi connectivity index (χ1n) is 5.69. The molecule has 0 unspecified atom stereocenters. The lowest BCUT2D eigenvalue weighted by Crippen LogP contribution is -2.16. The van der Waals surface area contributed by atoms with Crippen molar-refractivity contribution < 1.29 is 10.3 Å². The Kier molecular flexibility index (Phi) is 17.3. The van der Waals surface area contributed by atoms with E-state index >= 15 is 0 Å². The maximum Gasteiger partial charge on any atom is 0.291 e. The summed E-state index contributed by atoms with van der Waals surface area (Å²) in [5, 5.41) is 17.1. The summed E-state index contributed by atoms with van der Waals surface area (Å²) in [4.78, 5) is 8.36. The summed E-state index contributed by atoms with van der Waals surface area (Å²) >= 11 is 0. The van der Waals surface area contributed by atoms with Crippen molar-refractivity contribution in [2.24, 2.45) is 0 Å². The molecule has 0 atom stereocenters. The van der Waals surface area contributed by atoms with Gasteiger partial charge in [-0.3, -0.25) is 0 Å². The molecule has 0 amide bonds. The van der Waals surface area contributed by atoms with Gasteiger partial charge >= 0.3 is 0 Å². The zero-order chi connectivity index (χ0) is 11.9. The molecule has 0 saturated carbocycles. The Bertz CT molecular complexity index is 120. The lowest BCUT2D eigenvalue weighted by Gasteiger charge is -2.02. The van der Waals surface area contributed by atoms with Crippen LogP contribution < -0.4 is 5.32 Å². The molecule has 5 nitrogen and oxygen atoms in total.